The fourth-order valence-electron chi connectivity index (χ4n) is 9.06. The molecule has 4 fully saturated rings. The van der Waals surface area contributed by atoms with Crippen LogP contribution in [0, 0.1) is 23.7 Å². The molecule has 4 aliphatic rings. The minimum atomic E-state index is -5.94. The molecule has 1 aromatic rings. The number of rotatable bonds is 20. The fourth-order valence-corrected chi connectivity index (χ4v) is 9.06. The van der Waals surface area contributed by atoms with Gasteiger partial charge in [-0.2, -0.15) is 57.1 Å². The van der Waals surface area contributed by atoms with Crippen LogP contribution >= 0.6 is 0 Å². The molecule has 1 N–H and O–H groups in total. The summed E-state index contributed by atoms with van der Waals surface area (Å²) in [5.41, 5.74) is -5.78. The Labute approximate surface area is 511 Å². The van der Waals surface area contributed by atoms with Gasteiger partial charge in [-0.1, -0.05) is 66.7 Å². The van der Waals surface area contributed by atoms with Crippen LogP contribution in [0.4, 0.5) is 57.1 Å². The van der Waals surface area contributed by atoms with Gasteiger partial charge in [0, 0.05) is 46.1 Å². The summed E-state index contributed by atoms with van der Waals surface area (Å²) in [5, 5.41) is 8.84. The van der Waals surface area contributed by atoms with Crippen LogP contribution < -0.4 is 4.74 Å². The Kier molecular flexibility index (Phi) is 29.3. The standard InChI is InChI=1S/C16H15F5O4.C12H14O4.C12H20O2.C10H12F6O3.C10H14F2O4/c1-4-12(25-13(22)9(2)3)15(17,18)14(23)24-11-7-5-6-10(8-11)16(19,20)21;1-5(2)11(13)15-9-6-3-7-8(4-6)12(14)16-10(7)9;1-9(2)11(13)14-12(10(3)4)7-5-6-8-12;1-5(2)7(17)19-6(3)4-8(18,9(11,12)13)10(14,15)16;1-5-7(16-8(13)6(2)3)10(11,12)9(14)15-4/h5-8,12H,2,4H2,1,3H3;6-10H,1,3-4H2,2H3;10H,1,5-8H2,2-4H3;6,18H,1,4H2,2-3H3;7H,2,5H2,1,3-4H3. The third kappa shape index (κ3) is 21.7. The van der Waals surface area contributed by atoms with Crippen molar-refractivity contribution in [2.75, 3.05) is 7.11 Å². The highest BCUT2D eigenvalue weighted by Crippen LogP contribution is 2.55. The van der Waals surface area contributed by atoms with Crippen molar-refractivity contribution in [3.63, 3.8) is 0 Å². The van der Waals surface area contributed by atoms with E-state index in [0.717, 1.165) is 51.8 Å². The molecule has 90 heavy (non-hydrogen) atoms. The molecular weight excluding hydrogens is 1240 g/mol. The number of carbonyl (C=O) groups is 8. The lowest BCUT2D eigenvalue weighted by atomic mass is 9.88. The van der Waals surface area contributed by atoms with Crippen molar-refractivity contribution in [2.24, 2.45) is 23.7 Å². The first kappa shape index (κ1) is 80.7. The monoisotopic (exact) mass is 1310 g/mol. The number of carbonyl (C=O) groups excluding carboxylic acids is 8. The molecule has 3 aliphatic carbocycles. The van der Waals surface area contributed by atoms with E-state index in [2.05, 4.69) is 70.4 Å². The van der Waals surface area contributed by atoms with Gasteiger partial charge in [-0.25, -0.2) is 33.6 Å². The Morgan fingerprint density at radius 3 is 1.47 bits per heavy atom. The maximum Gasteiger partial charge on any atom is 0.426 e. The summed E-state index contributed by atoms with van der Waals surface area (Å²) in [4.78, 5) is 90.3. The van der Waals surface area contributed by atoms with Crippen LogP contribution in [0.15, 0.2) is 85.0 Å². The number of esters is 8. The van der Waals surface area contributed by atoms with Gasteiger partial charge in [0.05, 0.1) is 18.6 Å². The van der Waals surface area contributed by atoms with Gasteiger partial charge in [0.1, 0.15) is 29.7 Å². The molecule has 1 saturated heterocycles. The zero-order chi connectivity index (χ0) is 70.2. The summed E-state index contributed by atoms with van der Waals surface area (Å²) in [6.45, 7) is 31.5. The minimum absolute atomic E-state index is 0.0147. The van der Waals surface area contributed by atoms with Crippen molar-refractivity contribution in [3.8, 4) is 5.75 Å². The summed E-state index contributed by atoms with van der Waals surface area (Å²) in [7, 11) is 0.837. The highest BCUT2D eigenvalue weighted by atomic mass is 19.4. The van der Waals surface area contributed by atoms with Gasteiger partial charge in [0.2, 0.25) is 0 Å². The molecule has 3 saturated carbocycles. The van der Waals surface area contributed by atoms with Crippen LogP contribution in [-0.2, 0) is 77.7 Å². The predicted octanol–water partition coefficient (Wildman–Crippen LogP) is 12.7. The third-order valence-corrected chi connectivity index (χ3v) is 14.2. The van der Waals surface area contributed by atoms with E-state index in [1.807, 2.05) is 0 Å². The first-order chi connectivity index (χ1) is 40.9. The third-order valence-electron chi connectivity index (χ3n) is 14.2. The number of hydrogen-bond acceptors (Lipinski definition) is 17. The smallest absolute Gasteiger partial charge is 0.426 e. The Morgan fingerprint density at radius 1 is 0.644 bits per heavy atom. The van der Waals surface area contributed by atoms with Gasteiger partial charge in [-0.3, -0.25) is 4.79 Å². The number of benzene rings is 1. The lowest BCUT2D eigenvalue weighted by Crippen LogP contribution is -2.58. The fraction of sp³-hybridized carbons (Fsp3) is 0.600. The number of fused-ring (bicyclic) bond motifs is 1. The predicted molar refractivity (Wildman–Crippen MR) is 292 cm³/mol. The molecule has 0 aromatic heterocycles. The SMILES string of the molecule is C=C(C)C(=O)OC(C)CC(O)(C(F)(F)F)C(F)(F)F.C=C(C)C(=O)OC(CC)C(F)(F)C(=O)OC.C=C(C)C(=O)OC(CC)C(F)(F)C(=O)Oc1cccc(C(F)(F)F)c1.C=C(C)C(=O)OC1(C(C)C)CCCC1.C=C(C)C(=O)OC1C2CC3C(=O)OC1C3C2. The van der Waals surface area contributed by atoms with Gasteiger partial charge in [-0.15, -0.1) is 0 Å². The molecule has 0 spiro atoms. The lowest BCUT2D eigenvalue weighted by molar-refractivity contribution is -0.373. The number of ether oxygens (including phenoxy) is 8. The summed E-state index contributed by atoms with van der Waals surface area (Å²) < 4.78 is 204. The summed E-state index contributed by atoms with van der Waals surface area (Å²) >= 11 is 0. The molecule has 8 atom stereocenters. The van der Waals surface area contributed by atoms with Crippen LogP contribution in [-0.4, -0.2) is 126 Å². The number of methoxy groups -OCH3 is 1. The van der Waals surface area contributed by atoms with Crippen molar-refractivity contribution in [2.45, 2.75) is 199 Å². The van der Waals surface area contributed by atoms with Gasteiger partial charge >= 0.3 is 78.1 Å². The van der Waals surface area contributed by atoms with E-state index in [1.165, 1.54) is 47.5 Å². The Morgan fingerprint density at radius 2 is 1.08 bits per heavy atom. The average Bonchev–Trinajstić information content (AvgIpc) is 1.50. The van der Waals surface area contributed by atoms with Crippen LogP contribution in [0.3, 0.4) is 0 Å². The molecule has 508 valence electrons. The van der Waals surface area contributed by atoms with Gasteiger partial charge in [-0.05, 0) is 117 Å². The Balaban J connectivity index is 0.000000571. The van der Waals surface area contributed by atoms with E-state index in [4.69, 9.17) is 19.3 Å². The zero-order valence-corrected chi connectivity index (χ0v) is 51.3. The molecule has 0 amide bonds. The highest BCUT2D eigenvalue weighted by Gasteiger charge is 2.71. The first-order valence-corrected chi connectivity index (χ1v) is 27.6. The lowest BCUT2D eigenvalue weighted by Gasteiger charge is -2.33. The number of alkyl halides is 13. The molecule has 5 rings (SSSR count). The maximum absolute atomic E-state index is 14.1. The van der Waals surface area contributed by atoms with Crippen molar-refractivity contribution in [1.82, 2.24) is 0 Å². The van der Waals surface area contributed by atoms with Crippen molar-refractivity contribution < 1.29 is 138 Å². The van der Waals surface area contributed by atoms with Crippen LogP contribution in [0.5, 0.6) is 5.75 Å². The first-order valence-electron chi connectivity index (χ1n) is 27.6. The van der Waals surface area contributed by atoms with E-state index in [-0.39, 0.29) is 70.7 Å². The molecular formula is C60H75F13O17. The van der Waals surface area contributed by atoms with Gasteiger partial charge in [0.15, 0.2) is 12.2 Å². The Hall–Kier alpha value is -7.27. The second-order valence-corrected chi connectivity index (χ2v) is 22.0. The van der Waals surface area contributed by atoms with E-state index < -0.39 is 108 Å². The summed E-state index contributed by atoms with van der Waals surface area (Å²) in [6.07, 6.45) is -19.2. The minimum Gasteiger partial charge on any atom is -0.464 e. The zero-order valence-electron chi connectivity index (χ0n) is 51.3. The van der Waals surface area contributed by atoms with E-state index >= 15 is 0 Å². The topological polar surface area (TPSA) is 231 Å². The maximum atomic E-state index is 14.1. The van der Waals surface area contributed by atoms with Crippen molar-refractivity contribution >= 4 is 47.8 Å². The molecule has 2 bridgehead atoms. The van der Waals surface area contributed by atoms with Crippen LogP contribution in [0.2, 0.25) is 0 Å². The summed E-state index contributed by atoms with van der Waals surface area (Å²) in [5.74, 6) is -15.6. The quantitative estimate of drug-likeness (QED) is 0.0420. The van der Waals surface area contributed by atoms with E-state index in [0.29, 0.717) is 35.1 Å². The second kappa shape index (κ2) is 32.6. The molecule has 30 heteroatoms. The molecule has 8 unspecified atom stereocenters. The van der Waals surface area contributed by atoms with E-state index in [1.54, 1.807) is 13.8 Å². The number of halogens is 13. The van der Waals surface area contributed by atoms with E-state index in [9.17, 15) is 95.4 Å². The average molecular weight is 1320 g/mol. The highest BCUT2D eigenvalue weighted by molar-refractivity contribution is 5.90. The normalized spacial score (nSPS) is 19.8. The van der Waals surface area contributed by atoms with Crippen LogP contribution in [0.25, 0.3) is 0 Å². The summed E-state index contributed by atoms with van der Waals surface area (Å²) in [6, 6.07) is 2.93. The molecule has 1 aromatic carbocycles. The number of hydrogen-bond donors (Lipinski definition) is 1. The van der Waals surface area contributed by atoms with Crippen LogP contribution in [0.1, 0.15) is 133 Å². The second-order valence-electron chi connectivity index (χ2n) is 22.0. The number of aliphatic hydroxyl groups is 1. The van der Waals surface area contributed by atoms with Crippen molar-refractivity contribution in [1.29, 1.82) is 0 Å². The van der Waals surface area contributed by atoms with Gasteiger partial charge < -0.3 is 43.0 Å². The molecule has 1 heterocycles. The molecule has 1 aliphatic heterocycles. The molecule has 0 radical (unpaired) electrons. The largest absolute Gasteiger partial charge is 0.464 e. The van der Waals surface area contributed by atoms with Crippen molar-refractivity contribution in [3.05, 3.63) is 90.6 Å². The molecule has 17 nitrogen and oxygen atoms in total. The van der Waals surface area contributed by atoms with Gasteiger partial charge in [0.25, 0.3) is 5.60 Å². The Bertz CT molecular complexity index is 2780.